The van der Waals surface area contributed by atoms with E-state index in [0.29, 0.717) is 23.7 Å². The van der Waals surface area contributed by atoms with E-state index in [2.05, 4.69) is 15.0 Å². The highest BCUT2D eigenvalue weighted by Crippen LogP contribution is 2.25. The zero-order valence-corrected chi connectivity index (χ0v) is 14.2. The summed E-state index contributed by atoms with van der Waals surface area (Å²) in [5.41, 5.74) is 1.40. The van der Waals surface area contributed by atoms with Gasteiger partial charge in [0.15, 0.2) is 0 Å². The van der Waals surface area contributed by atoms with Crippen molar-refractivity contribution in [2.24, 2.45) is 0 Å². The predicted molar refractivity (Wildman–Crippen MR) is 96.6 cm³/mol. The number of halogens is 1. The average molecular weight is 346 g/mol. The van der Waals surface area contributed by atoms with Gasteiger partial charge in [0, 0.05) is 29.1 Å². The van der Waals surface area contributed by atoms with Gasteiger partial charge in [-0.1, -0.05) is 29.8 Å². The lowest BCUT2D eigenvalue weighted by molar-refractivity contribution is 0.0954. The molecule has 0 saturated carbocycles. The zero-order valence-electron chi connectivity index (χ0n) is 12.6. The van der Waals surface area contributed by atoms with Crippen LogP contribution in [0.2, 0.25) is 5.02 Å². The SMILES string of the molecule is Cc1c(Cl)cccc1C(=O)NCCNc1nsc2ccccc12. The van der Waals surface area contributed by atoms with E-state index in [4.69, 9.17) is 11.6 Å². The van der Waals surface area contributed by atoms with Crippen LogP contribution in [-0.2, 0) is 0 Å². The van der Waals surface area contributed by atoms with Crippen molar-refractivity contribution in [1.29, 1.82) is 0 Å². The fraction of sp³-hybridized carbons (Fsp3) is 0.176. The highest BCUT2D eigenvalue weighted by Gasteiger charge is 2.10. The van der Waals surface area contributed by atoms with Crippen molar-refractivity contribution >= 4 is 44.9 Å². The van der Waals surface area contributed by atoms with E-state index in [-0.39, 0.29) is 5.91 Å². The van der Waals surface area contributed by atoms with E-state index in [1.54, 1.807) is 18.2 Å². The summed E-state index contributed by atoms with van der Waals surface area (Å²) < 4.78 is 5.54. The molecule has 0 aliphatic rings. The molecule has 6 heteroatoms. The molecule has 0 atom stereocenters. The normalized spacial score (nSPS) is 10.7. The van der Waals surface area contributed by atoms with Gasteiger partial charge >= 0.3 is 0 Å². The molecule has 0 bridgehead atoms. The average Bonchev–Trinajstić information content (AvgIpc) is 2.97. The van der Waals surface area contributed by atoms with Crippen LogP contribution in [0.4, 0.5) is 5.82 Å². The number of carbonyl (C=O) groups excluding carboxylic acids is 1. The lowest BCUT2D eigenvalue weighted by atomic mass is 10.1. The van der Waals surface area contributed by atoms with Crippen LogP contribution < -0.4 is 10.6 Å². The Bertz CT molecular complexity index is 847. The predicted octanol–water partition coefficient (Wildman–Crippen LogP) is 4.10. The van der Waals surface area contributed by atoms with Crippen molar-refractivity contribution < 1.29 is 4.79 Å². The molecule has 1 heterocycles. The van der Waals surface area contributed by atoms with Crippen molar-refractivity contribution in [2.45, 2.75) is 6.92 Å². The maximum Gasteiger partial charge on any atom is 0.251 e. The van der Waals surface area contributed by atoms with Crippen LogP contribution in [0.15, 0.2) is 42.5 Å². The van der Waals surface area contributed by atoms with Crippen molar-refractivity contribution in [3.8, 4) is 0 Å². The molecule has 1 aromatic heterocycles. The van der Waals surface area contributed by atoms with E-state index in [0.717, 1.165) is 21.5 Å². The smallest absolute Gasteiger partial charge is 0.251 e. The van der Waals surface area contributed by atoms with E-state index in [1.165, 1.54) is 11.5 Å². The third kappa shape index (κ3) is 3.46. The summed E-state index contributed by atoms with van der Waals surface area (Å²) in [6.45, 7) is 2.96. The number of carbonyl (C=O) groups is 1. The monoisotopic (exact) mass is 345 g/mol. The number of anilines is 1. The quantitative estimate of drug-likeness (QED) is 0.684. The van der Waals surface area contributed by atoms with E-state index >= 15 is 0 Å². The molecule has 0 fully saturated rings. The van der Waals surface area contributed by atoms with Gasteiger partial charge in [0.2, 0.25) is 0 Å². The highest BCUT2D eigenvalue weighted by molar-refractivity contribution is 7.13. The Balaban J connectivity index is 1.55. The fourth-order valence-corrected chi connectivity index (χ4v) is 3.25. The molecule has 2 aromatic carbocycles. The molecule has 0 aliphatic heterocycles. The van der Waals surface area contributed by atoms with Gasteiger partial charge in [-0.05, 0) is 48.3 Å². The third-order valence-electron chi connectivity index (χ3n) is 3.59. The highest BCUT2D eigenvalue weighted by atomic mass is 35.5. The molecule has 0 radical (unpaired) electrons. The number of fused-ring (bicyclic) bond motifs is 1. The fourth-order valence-electron chi connectivity index (χ4n) is 2.32. The Hall–Kier alpha value is -2.11. The summed E-state index contributed by atoms with van der Waals surface area (Å²) >= 11 is 7.51. The van der Waals surface area contributed by atoms with Gasteiger partial charge in [0.05, 0.1) is 4.70 Å². The lowest BCUT2D eigenvalue weighted by Crippen LogP contribution is -2.29. The largest absolute Gasteiger partial charge is 0.367 e. The molecule has 0 aliphatic carbocycles. The molecule has 3 aromatic rings. The maximum atomic E-state index is 12.2. The lowest BCUT2D eigenvalue weighted by Gasteiger charge is -2.09. The van der Waals surface area contributed by atoms with Gasteiger partial charge in [-0.15, -0.1) is 0 Å². The summed E-state index contributed by atoms with van der Waals surface area (Å²) in [5, 5.41) is 7.86. The van der Waals surface area contributed by atoms with Crippen LogP contribution in [0, 0.1) is 6.92 Å². The van der Waals surface area contributed by atoms with Crippen LogP contribution >= 0.6 is 23.1 Å². The van der Waals surface area contributed by atoms with Crippen LogP contribution in [0.1, 0.15) is 15.9 Å². The molecular formula is C17H16ClN3OS. The second kappa shape index (κ2) is 6.98. The summed E-state index contributed by atoms with van der Waals surface area (Å²) in [6, 6.07) is 13.4. The minimum atomic E-state index is -0.116. The van der Waals surface area contributed by atoms with Crippen molar-refractivity contribution in [2.75, 3.05) is 18.4 Å². The van der Waals surface area contributed by atoms with E-state index < -0.39 is 0 Å². The van der Waals surface area contributed by atoms with Crippen LogP contribution in [0.25, 0.3) is 10.1 Å². The second-order valence-corrected chi connectivity index (χ2v) is 6.33. The van der Waals surface area contributed by atoms with Gasteiger partial charge in [0.1, 0.15) is 5.82 Å². The van der Waals surface area contributed by atoms with Gasteiger partial charge in [0.25, 0.3) is 5.91 Å². The molecule has 118 valence electrons. The number of aromatic nitrogens is 1. The summed E-state index contributed by atoms with van der Waals surface area (Å²) in [5.74, 6) is 0.744. The van der Waals surface area contributed by atoms with Crippen molar-refractivity contribution in [3.05, 3.63) is 58.6 Å². The van der Waals surface area contributed by atoms with E-state index in [1.807, 2.05) is 31.2 Å². The zero-order chi connectivity index (χ0) is 16.2. The van der Waals surface area contributed by atoms with Crippen molar-refractivity contribution in [3.63, 3.8) is 0 Å². The first-order valence-corrected chi connectivity index (χ1v) is 8.43. The topological polar surface area (TPSA) is 54.0 Å². The molecule has 2 N–H and O–H groups in total. The summed E-state index contributed by atoms with van der Waals surface area (Å²) in [6.07, 6.45) is 0. The first-order chi connectivity index (χ1) is 11.2. The Morgan fingerprint density at radius 2 is 2.00 bits per heavy atom. The number of amides is 1. The van der Waals surface area contributed by atoms with Crippen LogP contribution in [0.3, 0.4) is 0 Å². The minimum absolute atomic E-state index is 0.116. The molecule has 4 nitrogen and oxygen atoms in total. The number of nitrogens with zero attached hydrogens (tertiary/aromatic N) is 1. The van der Waals surface area contributed by atoms with Crippen LogP contribution in [-0.4, -0.2) is 23.4 Å². The van der Waals surface area contributed by atoms with Crippen LogP contribution in [0.5, 0.6) is 0 Å². The number of nitrogens with one attached hydrogen (secondary N) is 2. The first kappa shape index (κ1) is 15.8. The second-order valence-electron chi connectivity index (χ2n) is 5.12. The van der Waals surface area contributed by atoms with Gasteiger partial charge in [-0.3, -0.25) is 4.79 Å². The molecule has 0 saturated heterocycles. The van der Waals surface area contributed by atoms with Gasteiger partial charge in [-0.25, -0.2) is 0 Å². The number of hydrogen-bond donors (Lipinski definition) is 2. The Morgan fingerprint density at radius 3 is 2.87 bits per heavy atom. The molecular weight excluding hydrogens is 330 g/mol. The minimum Gasteiger partial charge on any atom is -0.367 e. The Morgan fingerprint density at radius 1 is 1.17 bits per heavy atom. The first-order valence-electron chi connectivity index (χ1n) is 7.28. The third-order valence-corrected chi connectivity index (χ3v) is 4.83. The number of hydrogen-bond acceptors (Lipinski definition) is 4. The van der Waals surface area contributed by atoms with Crippen molar-refractivity contribution in [1.82, 2.24) is 9.69 Å². The Kier molecular flexibility index (Phi) is 4.79. The molecule has 1 amide bonds. The summed E-state index contributed by atoms with van der Waals surface area (Å²) in [4.78, 5) is 12.2. The standard InChI is InChI=1S/C17H16ClN3OS/c1-11-12(6-4-7-14(11)18)17(22)20-10-9-19-16-13-5-2-3-8-15(13)23-21-16/h2-8H,9-10H2,1H3,(H,19,21)(H,20,22). The van der Waals surface area contributed by atoms with Gasteiger partial charge < -0.3 is 10.6 Å². The molecule has 3 rings (SSSR count). The molecule has 0 unspecified atom stereocenters. The van der Waals surface area contributed by atoms with Gasteiger partial charge in [-0.2, -0.15) is 4.37 Å². The van der Waals surface area contributed by atoms with E-state index in [9.17, 15) is 4.79 Å². The maximum absolute atomic E-state index is 12.2. The molecule has 23 heavy (non-hydrogen) atoms. The Labute approximate surface area is 143 Å². The summed E-state index contributed by atoms with van der Waals surface area (Å²) in [7, 11) is 0. The number of benzene rings is 2. The number of rotatable bonds is 5. The molecule has 0 spiro atoms.